The van der Waals surface area contributed by atoms with Crippen LogP contribution in [0.2, 0.25) is 0 Å². The van der Waals surface area contributed by atoms with Gasteiger partial charge in [0.05, 0.1) is 24.1 Å². The van der Waals surface area contributed by atoms with Crippen LogP contribution in [-0.2, 0) is 14.8 Å². The van der Waals surface area contributed by atoms with Crippen molar-refractivity contribution >= 4 is 27.6 Å². The fourth-order valence-electron chi connectivity index (χ4n) is 3.07. The van der Waals surface area contributed by atoms with Crippen molar-refractivity contribution in [1.82, 2.24) is 10.2 Å². The smallest absolute Gasteiger partial charge is 0.317 e. The van der Waals surface area contributed by atoms with Gasteiger partial charge in [0, 0.05) is 12.1 Å². The van der Waals surface area contributed by atoms with Crippen LogP contribution < -0.4 is 10.0 Å². The quantitative estimate of drug-likeness (QED) is 0.618. The number of carbonyl (C=O) groups is 2. The van der Waals surface area contributed by atoms with E-state index in [4.69, 9.17) is 5.11 Å². The molecule has 0 atom stereocenters. The van der Waals surface area contributed by atoms with Gasteiger partial charge < -0.3 is 10.4 Å². The molecular formula is C17H25N3O5S. The zero-order valence-electron chi connectivity index (χ0n) is 15.2. The van der Waals surface area contributed by atoms with Crippen molar-refractivity contribution in [2.75, 3.05) is 24.1 Å². The molecule has 0 saturated heterocycles. The van der Waals surface area contributed by atoms with Crippen LogP contribution in [0.4, 0.5) is 5.69 Å². The summed E-state index contributed by atoms with van der Waals surface area (Å²) in [5.41, 5.74) is 1.36. The second kappa shape index (κ2) is 8.05. The van der Waals surface area contributed by atoms with E-state index >= 15 is 0 Å². The second-order valence-electron chi connectivity index (χ2n) is 6.68. The summed E-state index contributed by atoms with van der Waals surface area (Å²) in [5.74, 6) is -1.21. The number of nitrogens with zero attached hydrogens (tertiary/aromatic N) is 1. The van der Waals surface area contributed by atoms with Gasteiger partial charge in [0.2, 0.25) is 10.0 Å². The lowest BCUT2D eigenvalue weighted by atomic mass is 9.85. The third-order valence-corrected chi connectivity index (χ3v) is 5.02. The molecule has 1 saturated carbocycles. The Morgan fingerprint density at radius 1 is 1.31 bits per heavy atom. The lowest BCUT2D eigenvalue weighted by Gasteiger charge is -2.42. The predicted octanol–water partition coefficient (Wildman–Crippen LogP) is 1.03. The van der Waals surface area contributed by atoms with Gasteiger partial charge in [-0.25, -0.2) is 8.42 Å². The fraction of sp³-hybridized carbons (Fsp3) is 0.529. The summed E-state index contributed by atoms with van der Waals surface area (Å²) in [7, 11) is -3.49. The minimum atomic E-state index is -3.49. The summed E-state index contributed by atoms with van der Waals surface area (Å²) in [5, 5.41) is 11.8. The molecular weight excluding hydrogens is 358 g/mol. The van der Waals surface area contributed by atoms with E-state index in [9.17, 15) is 18.0 Å². The largest absolute Gasteiger partial charge is 0.480 e. The molecule has 0 aliphatic heterocycles. The lowest BCUT2D eigenvalue weighted by molar-refractivity contribution is -0.139. The Balaban J connectivity index is 2.01. The maximum Gasteiger partial charge on any atom is 0.317 e. The summed E-state index contributed by atoms with van der Waals surface area (Å²) < 4.78 is 25.3. The lowest BCUT2D eigenvalue weighted by Crippen LogP contribution is -2.54. The standard InChI is InChI=1S/C17H25N3O5S/c1-4-20(10-16(21)22)13-8-12(9-13)18-17(23)14-7-11(2)5-6-15(14)19-26(3,24)25/h5-7,12-13,19H,4,8-10H2,1-3H3,(H,18,23)(H,21,22). The highest BCUT2D eigenvalue weighted by Crippen LogP contribution is 2.27. The first kappa shape index (κ1) is 20.2. The predicted molar refractivity (Wildman–Crippen MR) is 98.8 cm³/mol. The zero-order chi connectivity index (χ0) is 19.5. The zero-order valence-corrected chi connectivity index (χ0v) is 16.0. The number of nitrogens with one attached hydrogen (secondary N) is 2. The van der Waals surface area contributed by atoms with Gasteiger partial charge in [-0.05, 0) is 38.4 Å². The van der Waals surface area contributed by atoms with Gasteiger partial charge in [-0.3, -0.25) is 19.2 Å². The number of anilines is 1. The first-order valence-corrected chi connectivity index (χ1v) is 10.3. The van der Waals surface area contributed by atoms with E-state index in [0.29, 0.717) is 19.4 Å². The van der Waals surface area contributed by atoms with Gasteiger partial charge in [0.15, 0.2) is 0 Å². The van der Waals surface area contributed by atoms with Crippen LogP contribution in [0.3, 0.4) is 0 Å². The van der Waals surface area contributed by atoms with Crippen LogP contribution in [0.5, 0.6) is 0 Å². The number of amides is 1. The molecule has 1 fully saturated rings. The Labute approximate surface area is 153 Å². The average Bonchev–Trinajstić information content (AvgIpc) is 2.48. The van der Waals surface area contributed by atoms with E-state index in [1.54, 1.807) is 18.2 Å². The van der Waals surface area contributed by atoms with Crippen LogP contribution in [0.25, 0.3) is 0 Å². The first-order valence-electron chi connectivity index (χ1n) is 8.44. The monoisotopic (exact) mass is 383 g/mol. The van der Waals surface area contributed by atoms with Crippen molar-refractivity contribution in [2.45, 2.75) is 38.8 Å². The van der Waals surface area contributed by atoms with E-state index in [0.717, 1.165) is 11.8 Å². The van der Waals surface area contributed by atoms with E-state index in [1.807, 2.05) is 18.7 Å². The normalized spacial score (nSPS) is 19.7. The van der Waals surface area contributed by atoms with E-state index in [-0.39, 0.29) is 35.8 Å². The van der Waals surface area contributed by atoms with E-state index in [2.05, 4.69) is 10.0 Å². The molecule has 0 unspecified atom stereocenters. The number of carbonyl (C=O) groups excluding carboxylic acids is 1. The highest BCUT2D eigenvalue weighted by atomic mass is 32.2. The van der Waals surface area contributed by atoms with Crippen LogP contribution >= 0.6 is 0 Å². The molecule has 3 N–H and O–H groups in total. The maximum absolute atomic E-state index is 12.6. The number of carboxylic acids is 1. The van der Waals surface area contributed by atoms with Crippen LogP contribution in [0.15, 0.2) is 18.2 Å². The van der Waals surface area contributed by atoms with Gasteiger partial charge in [-0.2, -0.15) is 0 Å². The van der Waals surface area contributed by atoms with Gasteiger partial charge in [-0.1, -0.05) is 18.6 Å². The molecule has 26 heavy (non-hydrogen) atoms. The number of hydrogen-bond donors (Lipinski definition) is 3. The molecule has 2 rings (SSSR count). The Hall–Kier alpha value is -2.13. The molecule has 8 nitrogen and oxygen atoms in total. The molecule has 0 spiro atoms. The summed E-state index contributed by atoms with van der Waals surface area (Å²) in [4.78, 5) is 25.3. The maximum atomic E-state index is 12.6. The van der Waals surface area contributed by atoms with Gasteiger partial charge in [-0.15, -0.1) is 0 Å². The van der Waals surface area contributed by atoms with Crippen molar-refractivity contribution < 1.29 is 23.1 Å². The highest BCUT2D eigenvalue weighted by Gasteiger charge is 2.35. The molecule has 1 aromatic rings. The molecule has 9 heteroatoms. The molecule has 0 aromatic heterocycles. The van der Waals surface area contributed by atoms with Gasteiger partial charge in [0.25, 0.3) is 5.91 Å². The number of aryl methyl sites for hydroxylation is 1. The Kier molecular flexibility index (Phi) is 6.25. The number of hydrogen-bond acceptors (Lipinski definition) is 5. The topological polar surface area (TPSA) is 116 Å². The number of rotatable bonds is 8. The van der Waals surface area contributed by atoms with Crippen molar-refractivity contribution in [3.63, 3.8) is 0 Å². The number of likely N-dealkylation sites (N-methyl/N-ethyl adjacent to an activating group) is 1. The fourth-order valence-corrected chi connectivity index (χ4v) is 3.65. The van der Waals surface area contributed by atoms with Crippen molar-refractivity contribution in [3.05, 3.63) is 29.3 Å². The first-order chi connectivity index (χ1) is 12.1. The van der Waals surface area contributed by atoms with E-state index in [1.165, 1.54) is 0 Å². The number of carboxylic acid groups (broad SMARTS) is 1. The van der Waals surface area contributed by atoms with Crippen molar-refractivity contribution in [3.8, 4) is 0 Å². The molecule has 1 aliphatic rings. The molecule has 0 radical (unpaired) electrons. The Morgan fingerprint density at radius 2 is 1.96 bits per heavy atom. The Morgan fingerprint density at radius 3 is 2.50 bits per heavy atom. The van der Waals surface area contributed by atoms with E-state index < -0.39 is 16.0 Å². The van der Waals surface area contributed by atoms with Crippen LogP contribution in [0, 0.1) is 6.92 Å². The molecule has 0 bridgehead atoms. The average molecular weight is 383 g/mol. The molecule has 144 valence electrons. The minimum Gasteiger partial charge on any atom is -0.480 e. The number of aliphatic carboxylic acids is 1. The van der Waals surface area contributed by atoms with Gasteiger partial charge >= 0.3 is 5.97 Å². The molecule has 0 heterocycles. The minimum absolute atomic E-state index is 0.0118. The highest BCUT2D eigenvalue weighted by molar-refractivity contribution is 7.92. The van der Waals surface area contributed by atoms with Crippen molar-refractivity contribution in [2.24, 2.45) is 0 Å². The summed E-state index contributed by atoms with van der Waals surface area (Å²) >= 11 is 0. The summed E-state index contributed by atoms with van der Waals surface area (Å²) in [6.07, 6.45) is 2.38. The summed E-state index contributed by atoms with van der Waals surface area (Å²) in [6, 6.07) is 5.02. The molecule has 1 aliphatic carbocycles. The SMILES string of the molecule is CCN(CC(=O)O)C1CC(NC(=O)c2cc(C)ccc2NS(C)(=O)=O)C1. The van der Waals surface area contributed by atoms with Gasteiger partial charge in [0.1, 0.15) is 0 Å². The third kappa shape index (κ3) is 5.43. The number of benzene rings is 1. The summed E-state index contributed by atoms with van der Waals surface area (Å²) in [6.45, 7) is 4.36. The van der Waals surface area contributed by atoms with Crippen LogP contribution in [-0.4, -0.2) is 61.7 Å². The van der Waals surface area contributed by atoms with Crippen molar-refractivity contribution in [1.29, 1.82) is 0 Å². The molecule has 1 amide bonds. The van der Waals surface area contributed by atoms with Crippen LogP contribution in [0.1, 0.15) is 35.7 Å². The molecule has 1 aromatic carbocycles. The number of sulfonamides is 1. The third-order valence-electron chi connectivity index (χ3n) is 4.42. The second-order valence-corrected chi connectivity index (χ2v) is 8.42. The Bertz CT molecular complexity index is 788.